The average molecular weight is 210 g/mol. The molecule has 1 aliphatic carbocycles. The van der Waals surface area contributed by atoms with Crippen LogP contribution in [0.2, 0.25) is 0 Å². The fraction of sp³-hybridized carbons (Fsp3) is 0.600. The van der Waals surface area contributed by atoms with E-state index in [4.69, 9.17) is 5.73 Å². The van der Waals surface area contributed by atoms with Crippen molar-refractivity contribution in [2.75, 3.05) is 6.54 Å². The van der Waals surface area contributed by atoms with Crippen LogP contribution in [0.3, 0.4) is 0 Å². The summed E-state index contributed by atoms with van der Waals surface area (Å²) >= 11 is 1.46. The Morgan fingerprint density at radius 3 is 3.00 bits per heavy atom. The van der Waals surface area contributed by atoms with Crippen LogP contribution in [0.1, 0.15) is 34.8 Å². The maximum Gasteiger partial charge on any atom is 0.194 e. The Balaban J connectivity index is 2.04. The molecular formula is C10H14N2OS. The number of nitrogens with two attached hydrogens (primary N) is 1. The standard InChI is InChI=1S/C10H14N2OS/c11-5-4-8-6-14-10(12-8)9(13)7-2-1-3-7/h6-7H,1-5,11H2. The third-order valence-electron chi connectivity index (χ3n) is 2.64. The molecule has 1 saturated carbocycles. The Hall–Kier alpha value is -0.740. The van der Waals surface area contributed by atoms with E-state index in [2.05, 4.69) is 4.98 Å². The van der Waals surface area contributed by atoms with Crippen LogP contribution in [-0.4, -0.2) is 17.3 Å². The molecule has 2 rings (SSSR count). The maximum atomic E-state index is 11.8. The first-order valence-electron chi connectivity index (χ1n) is 5.00. The molecule has 1 aromatic rings. The van der Waals surface area contributed by atoms with Crippen molar-refractivity contribution in [3.63, 3.8) is 0 Å². The summed E-state index contributed by atoms with van der Waals surface area (Å²) in [5, 5.41) is 2.62. The second kappa shape index (κ2) is 4.19. The molecule has 0 amide bonds. The highest BCUT2D eigenvalue weighted by Gasteiger charge is 2.27. The van der Waals surface area contributed by atoms with E-state index in [0.29, 0.717) is 11.6 Å². The van der Waals surface area contributed by atoms with E-state index in [0.717, 1.165) is 25.0 Å². The average Bonchev–Trinajstić information content (AvgIpc) is 2.50. The van der Waals surface area contributed by atoms with E-state index in [1.54, 1.807) is 0 Å². The quantitative estimate of drug-likeness (QED) is 0.768. The molecule has 1 heterocycles. The molecule has 3 nitrogen and oxygen atoms in total. The van der Waals surface area contributed by atoms with Gasteiger partial charge in [-0.05, 0) is 19.4 Å². The van der Waals surface area contributed by atoms with E-state index in [1.807, 2.05) is 5.38 Å². The van der Waals surface area contributed by atoms with Crippen LogP contribution in [0, 0.1) is 5.92 Å². The minimum absolute atomic E-state index is 0.240. The molecule has 0 radical (unpaired) electrons. The highest BCUT2D eigenvalue weighted by atomic mass is 32.1. The summed E-state index contributed by atoms with van der Waals surface area (Å²) in [5.41, 5.74) is 6.38. The molecule has 1 aliphatic rings. The van der Waals surface area contributed by atoms with Crippen molar-refractivity contribution in [3.8, 4) is 0 Å². The molecule has 2 N–H and O–H groups in total. The zero-order valence-electron chi connectivity index (χ0n) is 8.03. The predicted molar refractivity (Wildman–Crippen MR) is 56.5 cm³/mol. The van der Waals surface area contributed by atoms with Gasteiger partial charge >= 0.3 is 0 Å². The van der Waals surface area contributed by atoms with Crippen LogP contribution in [0.5, 0.6) is 0 Å². The minimum Gasteiger partial charge on any atom is -0.330 e. The molecule has 14 heavy (non-hydrogen) atoms. The topological polar surface area (TPSA) is 56.0 Å². The summed E-state index contributed by atoms with van der Waals surface area (Å²) in [5.74, 6) is 0.497. The lowest BCUT2D eigenvalue weighted by molar-refractivity contribution is 0.0854. The molecule has 1 aromatic heterocycles. The van der Waals surface area contributed by atoms with E-state index >= 15 is 0 Å². The maximum absolute atomic E-state index is 11.8. The van der Waals surface area contributed by atoms with E-state index < -0.39 is 0 Å². The number of thiazole rings is 1. The van der Waals surface area contributed by atoms with Gasteiger partial charge in [-0.1, -0.05) is 6.42 Å². The van der Waals surface area contributed by atoms with Crippen molar-refractivity contribution < 1.29 is 4.79 Å². The molecule has 0 aliphatic heterocycles. The number of nitrogens with zero attached hydrogens (tertiary/aromatic N) is 1. The Morgan fingerprint density at radius 2 is 2.43 bits per heavy atom. The number of rotatable bonds is 4. The highest BCUT2D eigenvalue weighted by molar-refractivity contribution is 7.11. The first-order chi connectivity index (χ1) is 6.81. The van der Waals surface area contributed by atoms with Crippen LogP contribution in [-0.2, 0) is 6.42 Å². The molecule has 0 bridgehead atoms. The molecule has 0 spiro atoms. The molecule has 0 atom stereocenters. The Labute approximate surface area is 87.3 Å². The fourth-order valence-corrected chi connectivity index (χ4v) is 2.40. The number of ketones is 1. The van der Waals surface area contributed by atoms with Gasteiger partial charge < -0.3 is 5.73 Å². The van der Waals surface area contributed by atoms with Gasteiger partial charge in [-0.15, -0.1) is 11.3 Å². The van der Waals surface area contributed by atoms with Gasteiger partial charge in [0.2, 0.25) is 0 Å². The van der Waals surface area contributed by atoms with Crippen molar-refractivity contribution in [1.82, 2.24) is 4.98 Å². The fourth-order valence-electron chi connectivity index (χ4n) is 1.53. The van der Waals surface area contributed by atoms with Gasteiger partial charge in [0.25, 0.3) is 0 Å². The predicted octanol–water partition coefficient (Wildman–Crippen LogP) is 1.63. The lowest BCUT2D eigenvalue weighted by atomic mass is 9.82. The van der Waals surface area contributed by atoms with Gasteiger partial charge in [-0.3, -0.25) is 4.79 Å². The van der Waals surface area contributed by atoms with Gasteiger partial charge in [0, 0.05) is 17.7 Å². The second-order valence-corrected chi connectivity index (χ2v) is 4.53. The Bertz CT molecular complexity index is 331. The number of Topliss-reactive ketones (excluding diaryl/α,β-unsaturated/α-hetero) is 1. The number of carbonyl (C=O) groups is 1. The Kier molecular flexibility index (Phi) is 2.93. The third kappa shape index (κ3) is 1.86. The van der Waals surface area contributed by atoms with E-state index in [-0.39, 0.29) is 11.7 Å². The van der Waals surface area contributed by atoms with Gasteiger partial charge in [0.1, 0.15) is 0 Å². The van der Waals surface area contributed by atoms with Gasteiger partial charge in [0.05, 0.1) is 5.69 Å². The first kappa shape index (κ1) is 9.80. The van der Waals surface area contributed by atoms with Crippen LogP contribution >= 0.6 is 11.3 Å². The first-order valence-corrected chi connectivity index (χ1v) is 5.88. The van der Waals surface area contributed by atoms with E-state index in [1.165, 1.54) is 17.8 Å². The monoisotopic (exact) mass is 210 g/mol. The summed E-state index contributed by atoms with van der Waals surface area (Å²) in [7, 11) is 0. The van der Waals surface area contributed by atoms with Crippen molar-refractivity contribution in [1.29, 1.82) is 0 Å². The van der Waals surface area contributed by atoms with Gasteiger partial charge in [-0.25, -0.2) is 4.98 Å². The lowest BCUT2D eigenvalue weighted by Crippen LogP contribution is -2.21. The summed E-state index contributed by atoms with van der Waals surface area (Å²) in [4.78, 5) is 16.1. The second-order valence-electron chi connectivity index (χ2n) is 3.67. The summed E-state index contributed by atoms with van der Waals surface area (Å²) in [6, 6.07) is 0. The van der Waals surface area contributed by atoms with Crippen molar-refractivity contribution in [3.05, 3.63) is 16.1 Å². The number of hydrogen-bond donors (Lipinski definition) is 1. The SMILES string of the molecule is NCCc1csc(C(=O)C2CCC2)n1. The normalized spacial score (nSPS) is 16.6. The molecule has 0 unspecified atom stereocenters. The van der Waals surface area contributed by atoms with Crippen LogP contribution in [0.25, 0.3) is 0 Å². The molecule has 0 aromatic carbocycles. The number of hydrogen-bond acceptors (Lipinski definition) is 4. The smallest absolute Gasteiger partial charge is 0.194 e. The van der Waals surface area contributed by atoms with Crippen molar-refractivity contribution >= 4 is 17.1 Å². The molecule has 76 valence electrons. The molecule has 4 heteroatoms. The van der Waals surface area contributed by atoms with E-state index in [9.17, 15) is 4.79 Å². The molecule has 0 saturated heterocycles. The summed E-state index contributed by atoms with van der Waals surface area (Å²) in [6.45, 7) is 0.598. The van der Waals surface area contributed by atoms with Gasteiger partial charge in [0.15, 0.2) is 10.8 Å². The largest absolute Gasteiger partial charge is 0.330 e. The molecule has 1 fully saturated rings. The van der Waals surface area contributed by atoms with Crippen molar-refractivity contribution in [2.45, 2.75) is 25.7 Å². The zero-order valence-corrected chi connectivity index (χ0v) is 8.85. The van der Waals surface area contributed by atoms with Crippen molar-refractivity contribution in [2.24, 2.45) is 11.7 Å². The summed E-state index contributed by atoms with van der Waals surface area (Å²) in [6.07, 6.45) is 4.06. The highest BCUT2D eigenvalue weighted by Crippen LogP contribution is 2.30. The zero-order chi connectivity index (χ0) is 9.97. The van der Waals surface area contributed by atoms with Crippen LogP contribution in [0.15, 0.2) is 5.38 Å². The number of carbonyl (C=O) groups excluding carboxylic acids is 1. The third-order valence-corrected chi connectivity index (χ3v) is 3.54. The van der Waals surface area contributed by atoms with Crippen LogP contribution < -0.4 is 5.73 Å². The summed E-state index contributed by atoms with van der Waals surface area (Å²) < 4.78 is 0. The minimum atomic E-state index is 0.240. The van der Waals surface area contributed by atoms with Gasteiger partial charge in [-0.2, -0.15) is 0 Å². The van der Waals surface area contributed by atoms with Crippen LogP contribution in [0.4, 0.5) is 0 Å². The molecular weight excluding hydrogens is 196 g/mol. The lowest BCUT2D eigenvalue weighted by Gasteiger charge is -2.22. The Morgan fingerprint density at radius 1 is 1.64 bits per heavy atom. The number of aromatic nitrogens is 1.